The van der Waals surface area contributed by atoms with Gasteiger partial charge in [0.05, 0.1) is 0 Å². The third kappa shape index (κ3) is 5.49. The fourth-order valence-corrected chi connectivity index (χ4v) is 5.31. The Hall–Kier alpha value is -2.61. The van der Waals surface area contributed by atoms with Crippen molar-refractivity contribution in [1.82, 2.24) is 10.2 Å². The highest BCUT2D eigenvalue weighted by Gasteiger charge is 2.39. The zero-order chi connectivity index (χ0) is 23.4. The van der Waals surface area contributed by atoms with E-state index >= 15 is 0 Å². The zero-order valence-corrected chi connectivity index (χ0v) is 21.3. The summed E-state index contributed by atoms with van der Waals surface area (Å²) < 4.78 is 1.03. The highest BCUT2D eigenvalue weighted by atomic mass is 79.9. The van der Waals surface area contributed by atoms with Crippen LogP contribution in [0.15, 0.2) is 76.9 Å². The number of benzene rings is 2. The molecule has 1 amide bonds. The van der Waals surface area contributed by atoms with E-state index in [1.165, 1.54) is 4.90 Å². The molecule has 1 aromatic heterocycles. The molecule has 1 fully saturated rings. The molecule has 2 heterocycles. The molecule has 0 aliphatic carbocycles. The Morgan fingerprint density at radius 1 is 1.12 bits per heavy atom. The summed E-state index contributed by atoms with van der Waals surface area (Å²) in [6, 6.07) is 21.3. The molecule has 0 spiro atoms. The van der Waals surface area contributed by atoms with Gasteiger partial charge in [-0.05, 0) is 60.1 Å². The van der Waals surface area contributed by atoms with Crippen molar-refractivity contribution in [1.29, 1.82) is 0 Å². The van der Waals surface area contributed by atoms with Crippen LogP contribution in [-0.4, -0.2) is 27.7 Å². The van der Waals surface area contributed by atoms with E-state index in [0.717, 1.165) is 31.8 Å². The van der Waals surface area contributed by atoms with Gasteiger partial charge in [-0.1, -0.05) is 65.3 Å². The van der Waals surface area contributed by atoms with Crippen molar-refractivity contribution in [3.8, 4) is 10.4 Å². The van der Waals surface area contributed by atoms with Crippen LogP contribution in [0, 0.1) is 0 Å². The third-order valence-electron chi connectivity index (χ3n) is 5.40. The van der Waals surface area contributed by atoms with Crippen molar-refractivity contribution < 1.29 is 9.59 Å². The van der Waals surface area contributed by atoms with Gasteiger partial charge in [0.2, 0.25) is 0 Å². The Morgan fingerprint density at radius 2 is 1.85 bits per heavy atom. The number of rotatable bonds is 8. The van der Waals surface area contributed by atoms with Crippen LogP contribution in [0.4, 0.5) is 0 Å². The number of amides is 1. The second-order valence-corrected chi connectivity index (χ2v) is 10.2. The minimum Gasteiger partial charge on any atom is -0.328 e. The van der Waals surface area contributed by atoms with E-state index in [-0.39, 0.29) is 16.8 Å². The lowest BCUT2D eigenvalue weighted by atomic mass is 9.98. The van der Waals surface area contributed by atoms with Gasteiger partial charge >= 0.3 is 0 Å². The largest absolute Gasteiger partial charge is 0.328 e. The Bertz CT molecular complexity index is 1200. The van der Waals surface area contributed by atoms with Gasteiger partial charge in [0.1, 0.15) is 11.7 Å². The summed E-state index contributed by atoms with van der Waals surface area (Å²) in [4.78, 5) is 29.8. The number of thiocarbonyl (C=S) groups is 1. The van der Waals surface area contributed by atoms with Gasteiger partial charge in [0.25, 0.3) is 5.91 Å². The van der Waals surface area contributed by atoms with Crippen LogP contribution in [-0.2, 0) is 16.0 Å². The first kappa shape index (κ1) is 23.5. The van der Waals surface area contributed by atoms with Gasteiger partial charge < -0.3 is 5.32 Å². The van der Waals surface area contributed by atoms with Crippen LogP contribution in [0.3, 0.4) is 0 Å². The second kappa shape index (κ2) is 10.5. The normalized spacial score (nSPS) is 15.7. The molecule has 1 aliphatic heterocycles. The van der Waals surface area contributed by atoms with Crippen molar-refractivity contribution in [2.45, 2.75) is 32.2 Å². The predicted octanol–water partition coefficient (Wildman–Crippen LogP) is 6.22. The van der Waals surface area contributed by atoms with Crippen LogP contribution in [0.25, 0.3) is 16.5 Å². The van der Waals surface area contributed by atoms with E-state index < -0.39 is 6.04 Å². The highest BCUT2D eigenvalue weighted by Crippen LogP contribution is 2.31. The number of hydrogen-bond donors (Lipinski definition) is 1. The van der Waals surface area contributed by atoms with E-state index in [1.54, 1.807) is 11.3 Å². The minimum absolute atomic E-state index is 0.0220. The fraction of sp³-hybridized carbons (Fsp3) is 0.192. The van der Waals surface area contributed by atoms with Crippen molar-refractivity contribution in [3.05, 3.63) is 87.3 Å². The molecular formula is C26H23BrN2O2S2. The third-order valence-corrected chi connectivity index (χ3v) is 7.31. The summed E-state index contributed by atoms with van der Waals surface area (Å²) in [6.45, 7) is 1.96. The van der Waals surface area contributed by atoms with Crippen LogP contribution in [0.1, 0.15) is 30.2 Å². The monoisotopic (exact) mass is 538 g/mol. The van der Waals surface area contributed by atoms with E-state index in [4.69, 9.17) is 12.2 Å². The number of ketones is 1. The number of carbonyl (C=O) groups excluding carboxylic acids is 2. The quantitative estimate of drug-likeness (QED) is 0.273. The number of nitrogens with one attached hydrogen (secondary N) is 1. The molecule has 1 aliphatic rings. The maximum absolute atomic E-state index is 13.3. The number of carbonyl (C=O) groups is 2. The minimum atomic E-state index is -0.618. The van der Waals surface area contributed by atoms with E-state index in [2.05, 4.69) is 33.4 Å². The lowest BCUT2D eigenvalue weighted by molar-refractivity contribution is -0.131. The average molecular weight is 540 g/mol. The lowest BCUT2D eigenvalue weighted by Gasteiger charge is -2.25. The summed E-state index contributed by atoms with van der Waals surface area (Å²) in [5.41, 5.74) is 2.51. The standard InChI is InChI=1S/C26H23BrN2O2S2/c1-2-6-23(30)22(15-17-7-4-3-5-8-17)29-25(31)21(28-26(29)32)16-20-13-14-24(33-20)18-9-11-19(27)12-10-18/h3-5,7-14,16,22H,2,6,15H2,1H3,(H,28,32)/b21-16+. The molecule has 4 rings (SSSR count). The topological polar surface area (TPSA) is 49.4 Å². The fourth-order valence-electron chi connectivity index (χ4n) is 3.77. The maximum Gasteiger partial charge on any atom is 0.277 e. The number of thiophene rings is 1. The van der Waals surface area contributed by atoms with Crippen molar-refractivity contribution in [2.24, 2.45) is 0 Å². The predicted molar refractivity (Wildman–Crippen MR) is 142 cm³/mol. The molecule has 0 bridgehead atoms. The summed E-state index contributed by atoms with van der Waals surface area (Å²) in [5, 5.41) is 3.32. The Kier molecular flexibility index (Phi) is 7.53. The molecule has 0 saturated carbocycles. The average Bonchev–Trinajstić information content (AvgIpc) is 3.38. The molecule has 168 valence electrons. The molecule has 2 aromatic carbocycles. The number of halogens is 1. The molecule has 33 heavy (non-hydrogen) atoms. The van der Waals surface area contributed by atoms with E-state index in [0.29, 0.717) is 18.5 Å². The molecule has 3 aromatic rings. The van der Waals surface area contributed by atoms with E-state index in [1.807, 2.05) is 67.6 Å². The molecule has 1 N–H and O–H groups in total. The Labute approximate surface area is 211 Å². The SMILES string of the molecule is CCCC(=O)C(Cc1ccccc1)N1C(=O)/C(=C\c2ccc(-c3ccc(Br)cc3)s2)NC1=S. The van der Waals surface area contributed by atoms with Gasteiger partial charge in [0, 0.05) is 27.1 Å². The van der Waals surface area contributed by atoms with Gasteiger partial charge in [-0.25, -0.2) is 0 Å². The zero-order valence-electron chi connectivity index (χ0n) is 18.1. The molecule has 4 nitrogen and oxygen atoms in total. The van der Waals surface area contributed by atoms with Gasteiger partial charge in [0.15, 0.2) is 10.9 Å². The molecular weight excluding hydrogens is 516 g/mol. The van der Waals surface area contributed by atoms with Gasteiger partial charge in [-0.15, -0.1) is 11.3 Å². The maximum atomic E-state index is 13.3. The highest BCUT2D eigenvalue weighted by molar-refractivity contribution is 9.10. The van der Waals surface area contributed by atoms with Crippen molar-refractivity contribution in [3.63, 3.8) is 0 Å². The smallest absolute Gasteiger partial charge is 0.277 e. The molecule has 1 atom stereocenters. The van der Waals surface area contributed by atoms with Crippen LogP contribution >= 0.6 is 39.5 Å². The lowest BCUT2D eigenvalue weighted by Crippen LogP contribution is -2.46. The number of nitrogens with zero attached hydrogens (tertiary/aromatic N) is 1. The number of hydrogen-bond acceptors (Lipinski definition) is 4. The molecule has 1 unspecified atom stereocenters. The second-order valence-electron chi connectivity index (χ2n) is 7.79. The van der Waals surface area contributed by atoms with Gasteiger partial charge in [-0.3, -0.25) is 14.5 Å². The summed E-state index contributed by atoms with van der Waals surface area (Å²) in [7, 11) is 0. The first-order valence-corrected chi connectivity index (χ1v) is 12.8. The molecule has 1 saturated heterocycles. The van der Waals surface area contributed by atoms with Crippen LogP contribution < -0.4 is 5.32 Å². The van der Waals surface area contributed by atoms with Crippen molar-refractivity contribution in [2.75, 3.05) is 0 Å². The molecule has 7 heteroatoms. The Balaban J connectivity index is 1.58. The first-order chi connectivity index (χ1) is 16.0. The van der Waals surface area contributed by atoms with Crippen LogP contribution in [0.5, 0.6) is 0 Å². The van der Waals surface area contributed by atoms with Gasteiger partial charge in [-0.2, -0.15) is 0 Å². The summed E-state index contributed by atoms with van der Waals surface area (Å²) in [6.07, 6.45) is 3.38. The summed E-state index contributed by atoms with van der Waals surface area (Å²) >= 11 is 10.6. The summed E-state index contributed by atoms with van der Waals surface area (Å²) in [5.74, 6) is -0.238. The van der Waals surface area contributed by atoms with Crippen molar-refractivity contribution >= 4 is 62.4 Å². The van der Waals surface area contributed by atoms with E-state index in [9.17, 15) is 9.59 Å². The Morgan fingerprint density at radius 3 is 2.55 bits per heavy atom. The molecule has 0 radical (unpaired) electrons. The van der Waals surface area contributed by atoms with Crippen LogP contribution in [0.2, 0.25) is 0 Å². The first-order valence-electron chi connectivity index (χ1n) is 10.7. The number of Topliss-reactive ketones (excluding diaryl/α,β-unsaturated/α-hetero) is 1.